The average molecular weight is 343 g/mol. The third-order valence-corrected chi connectivity index (χ3v) is 5.26. The zero-order valence-electron chi connectivity index (χ0n) is 14.0. The first kappa shape index (κ1) is 15.5. The van der Waals surface area contributed by atoms with Crippen molar-refractivity contribution in [2.75, 3.05) is 11.1 Å². The Labute approximate surface area is 145 Å². The van der Waals surface area contributed by atoms with Gasteiger partial charge in [0, 0.05) is 24.5 Å². The fourth-order valence-electron chi connectivity index (χ4n) is 3.65. The van der Waals surface area contributed by atoms with Gasteiger partial charge in [0.25, 0.3) is 0 Å². The van der Waals surface area contributed by atoms with E-state index in [0.29, 0.717) is 12.4 Å². The van der Waals surface area contributed by atoms with Crippen LogP contribution in [0.25, 0.3) is 0 Å². The minimum Gasteiger partial charge on any atom is -0.367 e. The third-order valence-electron chi connectivity index (χ3n) is 4.54. The second-order valence-corrected chi connectivity index (χ2v) is 8.25. The van der Waals surface area contributed by atoms with Crippen LogP contribution in [0.4, 0.5) is 5.95 Å². The van der Waals surface area contributed by atoms with Gasteiger partial charge in [0.05, 0.1) is 12.0 Å². The molecule has 0 aromatic carbocycles. The van der Waals surface area contributed by atoms with Crippen molar-refractivity contribution in [1.29, 1.82) is 0 Å². The predicted molar refractivity (Wildman–Crippen MR) is 94.0 cm³/mol. The molecule has 0 amide bonds. The zero-order chi connectivity index (χ0) is 16.9. The number of nitrogens with one attached hydrogen (secondary N) is 2. The van der Waals surface area contributed by atoms with Crippen LogP contribution in [0.5, 0.6) is 0 Å². The summed E-state index contributed by atoms with van der Waals surface area (Å²) in [7, 11) is 0. The number of anilines is 1. The number of aromatic nitrogens is 4. The first-order chi connectivity index (χ1) is 11.5. The second kappa shape index (κ2) is 5.51. The van der Waals surface area contributed by atoms with E-state index < -0.39 is 0 Å². The van der Waals surface area contributed by atoms with E-state index in [2.05, 4.69) is 47.2 Å². The summed E-state index contributed by atoms with van der Waals surface area (Å²) in [5.74, 6) is 1.64. The molecule has 0 saturated heterocycles. The second-order valence-electron chi connectivity index (χ2n) is 7.02. The van der Waals surface area contributed by atoms with Crippen molar-refractivity contribution >= 4 is 23.5 Å². The maximum Gasteiger partial charge on any atom is 0.227 e. The molecule has 7 heteroatoms. The molecule has 6 nitrogen and oxygen atoms in total. The number of carbonyl (C=O) groups is 1. The smallest absolute Gasteiger partial charge is 0.227 e. The largest absolute Gasteiger partial charge is 0.367 e. The Morgan fingerprint density at radius 3 is 3.00 bits per heavy atom. The quantitative estimate of drug-likeness (QED) is 0.837. The van der Waals surface area contributed by atoms with E-state index in [1.807, 2.05) is 23.1 Å². The van der Waals surface area contributed by atoms with Crippen LogP contribution in [0.15, 0.2) is 35.4 Å². The monoisotopic (exact) mass is 343 g/mol. The molecule has 0 fully saturated rings. The number of rotatable bonds is 3. The SMILES string of the molecule is CCSc1nc2n(n1)[C@H](c1cc[nH]c1)[C@H]1C(=O)CC(C)(C)C=C1N2. The van der Waals surface area contributed by atoms with Gasteiger partial charge in [-0.3, -0.25) is 4.79 Å². The lowest BCUT2D eigenvalue weighted by Gasteiger charge is -2.39. The van der Waals surface area contributed by atoms with Crippen LogP contribution in [-0.2, 0) is 4.79 Å². The van der Waals surface area contributed by atoms with Gasteiger partial charge in [-0.25, -0.2) is 4.68 Å². The number of hydrogen-bond donors (Lipinski definition) is 2. The number of Topliss-reactive ketones (excluding diaryl/α,β-unsaturated/α-hetero) is 1. The molecule has 1 aliphatic heterocycles. The highest BCUT2D eigenvalue weighted by molar-refractivity contribution is 7.99. The summed E-state index contributed by atoms with van der Waals surface area (Å²) < 4.78 is 1.87. The van der Waals surface area contributed by atoms with Gasteiger partial charge in [-0.15, -0.1) is 5.10 Å². The van der Waals surface area contributed by atoms with Crippen molar-refractivity contribution in [1.82, 2.24) is 19.7 Å². The summed E-state index contributed by atoms with van der Waals surface area (Å²) in [5, 5.41) is 8.76. The summed E-state index contributed by atoms with van der Waals surface area (Å²) in [6.07, 6.45) is 6.56. The topological polar surface area (TPSA) is 75.6 Å². The lowest BCUT2D eigenvalue weighted by atomic mass is 9.72. The molecular weight excluding hydrogens is 322 g/mol. The van der Waals surface area contributed by atoms with Crippen LogP contribution < -0.4 is 5.32 Å². The highest BCUT2D eigenvalue weighted by Gasteiger charge is 2.45. The highest BCUT2D eigenvalue weighted by Crippen LogP contribution is 2.45. The van der Waals surface area contributed by atoms with Crippen molar-refractivity contribution in [3.8, 4) is 0 Å². The number of ketones is 1. The fourth-order valence-corrected chi connectivity index (χ4v) is 4.21. The number of aromatic amines is 1. The van der Waals surface area contributed by atoms with E-state index in [0.717, 1.165) is 22.2 Å². The normalized spacial score (nSPS) is 24.8. The van der Waals surface area contributed by atoms with Crippen molar-refractivity contribution < 1.29 is 4.79 Å². The van der Waals surface area contributed by atoms with Crippen LogP contribution in [0, 0.1) is 11.3 Å². The first-order valence-electron chi connectivity index (χ1n) is 8.23. The summed E-state index contributed by atoms with van der Waals surface area (Å²) in [6, 6.07) is 1.86. The van der Waals surface area contributed by atoms with Crippen molar-refractivity contribution in [2.45, 2.75) is 38.4 Å². The average Bonchev–Trinajstić information content (AvgIpc) is 3.12. The van der Waals surface area contributed by atoms with Crippen LogP contribution in [0.3, 0.4) is 0 Å². The van der Waals surface area contributed by atoms with E-state index in [9.17, 15) is 4.79 Å². The van der Waals surface area contributed by atoms with Gasteiger partial charge < -0.3 is 10.3 Å². The molecule has 0 unspecified atom stereocenters. The van der Waals surface area contributed by atoms with Crippen LogP contribution >= 0.6 is 11.8 Å². The number of allylic oxidation sites excluding steroid dienone is 2. The van der Waals surface area contributed by atoms with E-state index in [-0.39, 0.29) is 23.2 Å². The Kier molecular flexibility index (Phi) is 3.56. The molecule has 2 aliphatic rings. The van der Waals surface area contributed by atoms with Gasteiger partial charge in [0.2, 0.25) is 11.1 Å². The maximum atomic E-state index is 12.9. The number of fused-ring (bicyclic) bond motifs is 2. The van der Waals surface area contributed by atoms with E-state index in [1.54, 1.807) is 11.8 Å². The van der Waals surface area contributed by atoms with E-state index in [1.165, 1.54) is 0 Å². The van der Waals surface area contributed by atoms with Gasteiger partial charge in [-0.1, -0.05) is 38.6 Å². The fraction of sp³-hybridized carbons (Fsp3) is 0.471. The van der Waals surface area contributed by atoms with Crippen LogP contribution in [0.2, 0.25) is 0 Å². The summed E-state index contributed by atoms with van der Waals surface area (Å²) in [4.78, 5) is 20.6. The molecule has 0 saturated carbocycles. The van der Waals surface area contributed by atoms with Gasteiger partial charge in [-0.05, 0) is 22.8 Å². The summed E-state index contributed by atoms with van der Waals surface area (Å²) in [5.41, 5.74) is 1.87. The van der Waals surface area contributed by atoms with Crippen molar-refractivity contribution in [3.05, 3.63) is 35.8 Å². The minimum absolute atomic E-state index is 0.137. The lowest BCUT2D eigenvalue weighted by molar-refractivity contribution is -0.125. The van der Waals surface area contributed by atoms with Gasteiger partial charge in [-0.2, -0.15) is 4.98 Å². The van der Waals surface area contributed by atoms with E-state index >= 15 is 0 Å². The van der Waals surface area contributed by atoms with Gasteiger partial charge in [0.1, 0.15) is 5.78 Å². The standard InChI is InChI=1S/C17H21N5OS/c1-4-24-16-20-15-19-11-7-17(2,3)8-12(23)13(11)14(22(15)21-16)10-5-6-18-9-10/h5-7,9,13-14,18H,4,8H2,1-3H3,(H,19,20,21)/t13-,14-/m1/s1. The molecule has 2 aromatic heterocycles. The zero-order valence-corrected chi connectivity index (χ0v) is 14.9. The van der Waals surface area contributed by atoms with Crippen molar-refractivity contribution in [2.24, 2.45) is 11.3 Å². The van der Waals surface area contributed by atoms with Crippen molar-refractivity contribution in [3.63, 3.8) is 0 Å². The highest BCUT2D eigenvalue weighted by atomic mass is 32.2. The molecule has 0 spiro atoms. The molecule has 2 N–H and O–H groups in total. The Hall–Kier alpha value is -2.02. The maximum absolute atomic E-state index is 12.9. The number of nitrogens with zero attached hydrogens (tertiary/aromatic N) is 3. The molecule has 0 radical (unpaired) electrons. The summed E-state index contributed by atoms with van der Waals surface area (Å²) >= 11 is 1.61. The number of thioether (sulfide) groups is 1. The number of H-pyrrole nitrogens is 1. The number of hydrogen-bond acceptors (Lipinski definition) is 5. The van der Waals surface area contributed by atoms with Gasteiger partial charge >= 0.3 is 0 Å². The molecule has 3 heterocycles. The summed E-state index contributed by atoms with van der Waals surface area (Å²) in [6.45, 7) is 6.27. The molecular formula is C17H21N5OS. The Bertz CT molecular complexity index is 805. The van der Waals surface area contributed by atoms with Crippen LogP contribution in [-0.4, -0.2) is 31.3 Å². The predicted octanol–water partition coefficient (Wildman–Crippen LogP) is 3.23. The Balaban J connectivity index is 1.87. The van der Waals surface area contributed by atoms with E-state index in [4.69, 9.17) is 0 Å². The molecule has 2 aromatic rings. The molecule has 1 aliphatic carbocycles. The molecule has 126 valence electrons. The molecule has 0 bridgehead atoms. The Morgan fingerprint density at radius 1 is 1.46 bits per heavy atom. The molecule has 2 atom stereocenters. The lowest BCUT2D eigenvalue weighted by Crippen LogP contribution is -2.41. The van der Waals surface area contributed by atoms with Gasteiger partial charge in [0.15, 0.2) is 0 Å². The Morgan fingerprint density at radius 2 is 2.29 bits per heavy atom. The molecule has 24 heavy (non-hydrogen) atoms. The number of carbonyl (C=O) groups excluding carboxylic acids is 1. The van der Waals surface area contributed by atoms with Crippen LogP contribution in [0.1, 0.15) is 38.8 Å². The minimum atomic E-state index is -0.234. The first-order valence-corrected chi connectivity index (χ1v) is 9.21. The third kappa shape index (κ3) is 2.47. The molecule has 4 rings (SSSR count).